The summed E-state index contributed by atoms with van der Waals surface area (Å²) in [5.74, 6) is 1.44. The molecule has 0 bridgehead atoms. The number of aliphatic hydroxyl groups is 1. The van der Waals surface area contributed by atoms with Gasteiger partial charge in [0.2, 0.25) is 17.7 Å². The van der Waals surface area contributed by atoms with Crippen molar-refractivity contribution in [1.82, 2.24) is 24.8 Å². The first-order chi connectivity index (χ1) is 22.2. The Kier molecular flexibility index (Phi) is 9.93. The van der Waals surface area contributed by atoms with E-state index in [9.17, 15) is 14.7 Å². The second kappa shape index (κ2) is 14.1. The number of anilines is 1. The standard InChI is InChI=1S/C33H38Cl2N6O5/c1-45-31(44)12-22-2-6-39(7-3-22)18-23-10-28(24-13-25(34)15-26(35)14-24)38-29(11-23)46-27-16-36-32(37-17-27)41-9-5-33(21-41)4-8-40(20-33)30(43)19-42/h10-11,13-17,22,42H,2-9,12,18-21H2,1H3. The van der Waals surface area contributed by atoms with Gasteiger partial charge in [-0.2, -0.15) is 0 Å². The quantitative estimate of drug-likeness (QED) is 0.317. The molecule has 1 unspecified atom stereocenters. The number of esters is 1. The van der Waals surface area contributed by atoms with Crippen molar-refractivity contribution < 1.29 is 24.2 Å². The molecule has 13 heteroatoms. The Morgan fingerprint density at radius 3 is 2.39 bits per heavy atom. The molecule has 6 rings (SSSR count). The van der Waals surface area contributed by atoms with Crippen LogP contribution in [0.2, 0.25) is 10.0 Å². The van der Waals surface area contributed by atoms with Crippen molar-refractivity contribution in [2.24, 2.45) is 11.3 Å². The van der Waals surface area contributed by atoms with Gasteiger partial charge in [0, 0.05) is 66.2 Å². The molecule has 2 aromatic heterocycles. The van der Waals surface area contributed by atoms with Crippen molar-refractivity contribution in [3.63, 3.8) is 0 Å². The molecule has 0 aliphatic carbocycles. The summed E-state index contributed by atoms with van der Waals surface area (Å²) < 4.78 is 11.1. The number of piperidine rings is 1. The maximum Gasteiger partial charge on any atom is 0.305 e. The molecular formula is C33H38Cl2N6O5. The number of aromatic nitrogens is 3. The predicted molar refractivity (Wildman–Crippen MR) is 174 cm³/mol. The minimum Gasteiger partial charge on any atom is -0.469 e. The highest BCUT2D eigenvalue weighted by atomic mass is 35.5. The number of benzene rings is 1. The molecule has 46 heavy (non-hydrogen) atoms. The molecule has 244 valence electrons. The number of methoxy groups -OCH3 is 1. The summed E-state index contributed by atoms with van der Waals surface area (Å²) in [6, 6.07) is 9.28. The van der Waals surface area contributed by atoms with Gasteiger partial charge in [-0.25, -0.2) is 15.0 Å². The summed E-state index contributed by atoms with van der Waals surface area (Å²) >= 11 is 12.7. The number of nitrogens with zero attached hydrogens (tertiary/aromatic N) is 6. The first-order valence-corrected chi connectivity index (χ1v) is 16.4. The van der Waals surface area contributed by atoms with Gasteiger partial charge in [0.25, 0.3) is 0 Å². The van der Waals surface area contributed by atoms with E-state index in [1.165, 1.54) is 7.11 Å². The third-order valence-corrected chi connectivity index (χ3v) is 9.74. The van der Waals surface area contributed by atoms with Gasteiger partial charge in [-0.15, -0.1) is 0 Å². The van der Waals surface area contributed by atoms with Gasteiger partial charge >= 0.3 is 5.97 Å². The molecular weight excluding hydrogens is 631 g/mol. The zero-order valence-electron chi connectivity index (χ0n) is 25.8. The van der Waals surface area contributed by atoms with E-state index < -0.39 is 6.61 Å². The van der Waals surface area contributed by atoms with Crippen LogP contribution in [0.4, 0.5) is 5.95 Å². The van der Waals surface area contributed by atoms with E-state index in [0.717, 1.165) is 63.0 Å². The van der Waals surface area contributed by atoms with Crippen LogP contribution in [0.1, 0.15) is 37.7 Å². The van der Waals surface area contributed by atoms with Gasteiger partial charge < -0.3 is 24.4 Å². The average Bonchev–Trinajstić information content (AvgIpc) is 3.67. The number of hydrogen-bond donors (Lipinski definition) is 1. The third-order valence-electron chi connectivity index (χ3n) is 9.30. The largest absolute Gasteiger partial charge is 0.469 e. The Labute approximate surface area is 278 Å². The number of carbonyl (C=O) groups excluding carboxylic acids is 2. The van der Waals surface area contributed by atoms with Crippen molar-refractivity contribution in [1.29, 1.82) is 0 Å². The van der Waals surface area contributed by atoms with Gasteiger partial charge in [-0.05, 0) is 74.5 Å². The van der Waals surface area contributed by atoms with Crippen LogP contribution in [0.3, 0.4) is 0 Å². The van der Waals surface area contributed by atoms with E-state index >= 15 is 0 Å². The SMILES string of the molecule is COC(=O)CC1CCN(Cc2cc(Oc3cnc(N4CCC5(CCN(C(=O)CO)C5)C4)nc3)nc(-c3cc(Cl)cc(Cl)c3)c2)CC1. The van der Waals surface area contributed by atoms with Gasteiger partial charge in [0.05, 0.1) is 25.2 Å². The predicted octanol–water partition coefficient (Wildman–Crippen LogP) is 4.83. The highest BCUT2D eigenvalue weighted by Gasteiger charge is 2.45. The Morgan fingerprint density at radius 2 is 1.70 bits per heavy atom. The van der Waals surface area contributed by atoms with Crippen molar-refractivity contribution in [3.8, 4) is 22.9 Å². The molecule has 3 saturated heterocycles. The van der Waals surface area contributed by atoms with Gasteiger partial charge in [0.15, 0.2) is 5.75 Å². The molecule has 5 heterocycles. The van der Waals surface area contributed by atoms with Crippen molar-refractivity contribution in [2.75, 3.05) is 57.9 Å². The number of aliphatic hydroxyl groups excluding tert-OH is 1. The average molecular weight is 670 g/mol. The van der Waals surface area contributed by atoms with Crippen LogP contribution >= 0.6 is 23.2 Å². The van der Waals surface area contributed by atoms with E-state index in [4.69, 9.17) is 37.7 Å². The second-order valence-corrected chi connectivity index (χ2v) is 13.4. The van der Waals surface area contributed by atoms with E-state index in [1.807, 2.05) is 24.3 Å². The minimum atomic E-state index is -0.451. The number of pyridine rings is 1. The van der Waals surface area contributed by atoms with Crippen molar-refractivity contribution in [3.05, 3.63) is 58.3 Å². The van der Waals surface area contributed by atoms with Crippen LogP contribution in [0.5, 0.6) is 11.6 Å². The third kappa shape index (κ3) is 7.71. The fourth-order valence-electron chi connectivity index (χ4n) is 6.81. The topological polar surface area (TPSA) is 121 Å². The lowest BCUT2D eigenvalue weighted by atomic mass is 9.86. The van der Waals surface area contributed by atoms with Crippen LogP contribution in [0, 0.1) is 11.3 Å². The Morgan fingerprint density at radius 1 is 0.978 bits per heavy atom. The summed E-state index contributed by atoms with van der Waals surface area (Å²) in [7, 11) is 1.43. The second-order valence-electron chi connectivity index (χ2n) is 12.6. The van der Waals surface area contributed by atoms with E-state index in [1.54, 1.807) is 23.4 Å². The zero-order valence-corrected chi connectivity index (χ0v) is 27.3. The molecule has 3 fully saturated rings. The van der Waals surface area contributed by atoms with Crippen LogP contribution in [0.25, 0.3) is 11.3 Å². The van der Waals surface area contributed by atoms with Crippen molar-refractivity contribution >= 4 is 41.0 Å². The van der Waals surface area contributed by atoms with Gasteiger partial charge in [-0.3, -0.25) is 14.5 Å². The maximum absolute atomic E-state index is 12.0. The van der Waals surface area contributed by atoms with E-state index in [0.29, 0.717) is 65.3 Å². The number of rotatable bonds is 9. The van der Waals surface area contributed by atoms with Crippen molar-refractivity contribution in [2.45, 2.75) is 38.6 Å². The molecule has 1 aromatic carbocycles. The number of halogens is 2. The molecule has 1 atom stereocenters. The molecule has 0 radical (unpaired) electrons. The lowest BCUT2D eigenvalue weighted by Crippen LogP contribution is -2.35. The van der Waals surface area contributed by atoms with E-state index in [2.05, 4.69) is 19.8 Å². The molecule has 1 N–H and O–H groups in total. The fraction of sp³-hybridized carbons (Fsp3) is 0.485. The highest BCUT2D eigenvalue weighted by Crippen LogP contribution is 2.40. The molecule has 1 amide bonds. The molecule has 3 aromatic rings. The first-order valence-electron chi connectivity index (χ1n) is 15.6. The Hall–Kier alpha value is -3.51. The molecule has 0 saturated carbocycles. The smallest absolute Gasteiger partial charge is 0.305 e. The zero-order chi connectivity index (χ0) is 32.3. The summed E-state index contributed by atoms with van der Waals surface area (Å²) in [6.07, 6.45) is 7.48. The van der Waals surface area contributed by atoms with Gasteiger partial charge in [0.1, 0.15) is 6.61 Å². The lowest BCUT2D eigenvalue weighted by molar-refractivity contribution is -0.142. The van der Waals surface area contributed by atoms with Crippen LogP contribution < -0.4 is 9.64 Å². The highest BCUT2D eigenvalue weighted by molar-refractivity contribution is 6.35. The monoisotopic (exact) mass is 668 g/mol. The fourth-order valence-corrected chi connectivity index (χ4v) is 7.34. The Balaban J connectivity index is 1.15. The van der Waals surface area contributed by atoms with Gasteiger partial charge in [-0.1, -0.05) is 23.2 Å². The first kappa shape index (κ1) is 32.4. The van der Waals surface area contributed by atoms with E-state index in [-0.39, 0.29) is 17.3 Å². The molecule has 1 spiro atoms. The number of likely N-dealkylation sites (tertiary alicyclic amines) is 2. The Bertz CT molecular complexity index is 1550. The molecule has 11 nitrogen and oxygen atoms in total. The van der Waals surface area contributed by atoms with Crippen LogP contribution in [-0.2, 0) is 20.9 Å². The molecule has 3 aliphatic heterocycles. The summed E-state index contributed by atoms with van der Waals surface area (Å²) in [4.78, 5) is 44.0. The number of ether oxygens (including phenoxy) is 2. The maximum atomic E-state index is 12.0. The van der Waals surface area contributed by atoms with Crippen LogP contribution in [0.15, 0.2) is 42.7 Å². The summed E-state index contributed by atoms with van der Waals surface area (Å²) in [6.45, 7) is 4.88. The lowest BCUT2D eigenvalue weighted by Gasteiger charge is -2.31. The number of hydrogen-bond acceptors (Lipinski definition) is 10. The minimum absolute atomic E-state index is 0.00394. The summed E-state index contributed by atoms with van der Waals surface area (Å²) in [5, 5.41) is 10.3. The number of amides is 1. The summed E-state index contributed by atoms with van der Waals surface area (Å²) in [5.41, 5.74) is 2.49. The van der Waals surface area contributed by atoms with Crippen LogP contribution in [-0.4, -0.2) is 94.7 Å². The normalized spacial score (nSPS) is 20.4. The number of carbonyl (C=O) groups is 2. The molecule has 3 aliphatic rings.